The highest BCUT2D eigenvalue weighted by molar-refractivity contribution is 7.84. The lowest BCUT2D eigenvalue weighted by molar-refractivity contribution is -0.122. The standard InChI is InChI=1S/C12H22N2O2S/c1-17(16)7-6-13-12(15)11-8-9-4-2-3-5-10(9)14-11/h9-11,14H,2-8H2,1H3,(H,13,15). The molecule has 4 nitrogen and oxygen atoms in total. The van der Waals surface area contributed by atoms with E-state index in [-0.39, 0.29) is 11.9 Å². The Morgan fingerprint density at radius 1 is 1.41 bits per heavy atom. The lowest BCUT2D eigenvalue weighted by Gasteiger charge is -2.24. The summed E-state index contributed by atoms with van der Waals surface area (Å²) in [4.78, 5) is 11.9. The Hall–Kier alpha value is -0.420. The van der Waals surface area contributed by atoms with Crippen LogP contribution in [0, 0.1) is 5.92 Å². The number of fused-ring (bicyclic) bond motifs is 1. The van der Waals surface area contributed by atoms with Crippen LogP contribution in [0.5, 0.6) is 0 Å². The summed E-state index contributed by atoms with van der Waals surface area (Å²) < 4.78 is 10.9. The number of hydrogen-bond acceptors (Lipinski definition) is 3. The molecule has 2 fully saturated rings. The molecule has 0 radical (unpaired) electrons. The van der Waals surface area contributed by atoms with Gasteiger partial charge in [0.15, 0.2) is 0 Å². The summed E-state index contributed by atoms with van der Waals surface area (Å²) in [5, 5.41) is 6.31. The van der Waals surface area contributed by atoms with Gasteiger partial charge < -0.3 is 10.6 Å². The van der Waals surface area contributed by atoms with Gasteiger partial charge in [-0.1, -0.05) is 12.8 Å². The maximum absolute atomic E-state index is 11.9. The van der Waals surface area contributed by atoms with E-state index >= 15 is 0 Å². The normalized spacial score (nSPS) is 34.1. The molecule has 17 heavy (non-hydrogen) atoms. The van der Waals surface area contributed by atoms with E-state index in [9.17, 15) is 9.00 Å². The molecule has 1 amide bonds. The van der Waals surface area contributed by atoms with Crippen molar-refractivity contribution in [3.05, 3.63) is 0 Å². The molecule has 1 aliphatic carbocycles. The Morgan fingerprint density at radius 3 is 2.88 bits per heavy atom. The molecule has 1 aliphatic heterocycles. The second-order valence-corrected chi connectivity index (χ2v) is 6.73. The first-order valence-corrected chi connectivity index (χ1v) is 8.23. The van der Waals surface area contributed by atoms with Crippen LogP contribution < -0.4 is 10.6 Å². The van der Waals surface area contributed by atoms with Crippen molar-refractivity contribution >= 4 is 16.7 Å². The third-order valence-electron chi connectivity index (χ3n) is 3.87. The van der Waals surface area contributed by atoms with Gasteiger partial charge in [-0.05, 0) is 25.2 Å². The molecule has 1 heterocycles. The highest BCUT2D eigenvalue weighted by Crippen LogP contribution is 2.33. The zero-order valence-corrected chi connectivity index (χ0v) is 11.2. The van der Waals surface area contributed by atoms with Gasteiger partial charge in [-0.2, -0.15) is 0 Å². The predicted molar refractivity (Wildman–Crippen MR) is 69.2 cm³/mol. The van der Waals surface area contributed by atoms with Gasteiger partial charge in [0.1, 0.15) is 0 Å². The third-order valence-corrected chi connectivity index (χ3v) is 4.65. The zero-order valence-electron chi connectivity index (χ0n) is 10.4. The number of nitrogens with one attached hydrogen (secondary N) is 2. The topological polar surface area (TPSA) is 58.2 Å². The Balaban J connectivity index is 1.75. The van der Waals surface area contributed by atoms with Gasteiger partial charge in [-0.3, -0.25) is 9.00 Å². The SMILES string of the molecule is CS(=O)CCNC(=O)C1CC2CCCCC2N1. The molecule has 4 unspecified atom stereocenters. The maximum atomic E-state index is 11.9. The van der Waals surface area contributed by atoms with Gasteiger partial charge in [0, 0.05) is 35.4 Å². The molecule has 4 atom stereocenters. The van der Waals surface area contributed by atoms with Crippen molar-refractivity contribution in [1.29, 1.82) is 0 Å². The van der Waals surface area contributed by atoms with Crippen molar-refractivity contribution in [2.75, 3.05) is 18.6 Å². The zero-order chi connectivity index (χ0) is 12.3. The summed E-state index contributed by atoms with van der Waals surface area (Å²) in [5.74, 6) is 1.33. The van der Waals surface area contributed by atoms with Gasteiger partial charge in [0.2, 0.25) is 5.91 Å². The van der Waals surface area contributed by atoms with Gasteiger partial charge >= 0.3 is 0 Å². The second kappa shape index (κ2) is 5.96. The van der Waals surface area contributed by atoms with E-state index in [4.69, 9.17) is 0 Å². The molecule has 1 saturated heterocycles. The largest absolute Gasteiger partial charge is 0.354 e. The van der Waals surface area contributed by atoms with Crippen LogP contribution in [0.25, 0.3) is 0 Å². The van der Waals surface area contributed by atoms with Gasteiger partial charge in [-0.25, -0.2) is 0 Å². The molecule has 2 aliphatic rings. The molecular formula is C12H22N2O2S. The van der Waals surface area contributed by atoms with Gasteiger partial charge in [0.05, 0.1) is 6.04 Å². The van der Waals surface area contributed by atoms with E-state index in [1.807, 2.05) is 0 Å². The predicted octanol–water partition coefficient (Wildman–Crippen LogP) is 0.402. The van der Waals surface area contributed by atoms with Crippen LogP contribution >= 0.6 is 0 Å². The molecular weight excluding hydrogens is 236 g/mol. The van der Waals surface area contributed by atoms with Crippen LogP contribution in [0.15, 0.2) is 0 Å². The lowest BCUT2D eigenvalue weighted by atomic mass is 9.85. The molecule has 0 aromatic heterocycles. The summed E-state index contributed by atoms with van der Waals surface area (Å²) in [6.07, 6.45) is 7.72. The second-order valence-electron chi connectivity index (χ2n) is 5.17. The third kappa shape index (κ3) is 3.52. The van der Waals surface area contributed by atoms with Crippen LogP contribution in [0.3, 0.4) is 0 Å². The smallest absolute Gasteiger partial charge is 0.237 e. The fourth-order valence-electron chi connectivity index (χ4n) is 2.96. The number of carbonyl (C=O) groups is 1. The van der Waals surface area contributed by atoms with Crippen LogP contribution in [-0.4, -0.2) is 40.8 Å². The van der Waals surface area contributed by atoms with Crippen molar-refractivity contribution in [3.63, 3.8) is 0 Å². The summed E-state index contributed by atoms with van der Waals surface area (Å²) in [5.41, 5.74) is 0. The molecule has 2 rings (SSSR count). The van der Waals surface area contributed by atoms with E-state index in [1.54, 1.807) is 6.26 Å². The molecule has 98 valence electrons. The number of carbonyl (C=O) groups excluding carboxylic acids is 1. The summed E-state index contributed by atoms with van der Waals surface area (Å²) >= 11 is 0. The van der Waals surface area contributed by atoms with E-state index in [2.05, 4.69) is 10.6 Å². The average molecular weight is 258 g/mol. The highest BCUT2D eigenvalue weighted by Gasteiger charge is 2.37. The van der Waals surface area contributed by atoms with Gasteiger partial charge in [-0.15, -0.1) is 0 Å². The van der Waals surface area contributed by atoms with Gasteiger partial charge in [0.25, 0.3) is 0 Å². The highest BCUT2D eigenvalue weighted by atomic mass is 32.2. The van der Waals surface area contributed by atoms with E-state index in [0.29, 0.717) is 24.3 Å². The van der Waals surface area contributed by atoms with Crippen LogP contribution in [0.2, 0.25) is 0 Å². The Morgan fingerprint density at radius 2 is 2.18 bits per heavy atom. The molecule has 2 N–H and O–H groups in total. The molecule has 1 saturated carbocycles. The van der Waals surface area contributed by atoms with Crippen LogP contribution in [0.4, 0.5) is 0 Å². The Kier molecular flexibility index (Phi) is 4.56. The van der Waals surface area contributed by atoms with Crippen LogP contribution in [-0.2, 0) is 15.6 Å². The van der Waals surface area contributed by atoms with E-state index < -0.39 is 10.8 Å². The molecule has 0 aromatic carbocycles. The number of amides is 1. The Labute approximate surface area is 105 Å². The maximum Gasteiger partial charge on any atom is 0.237 e. The minimum atomic E-state index is -0.826. The van der Waals surface area contributed by atoms with E-state index in [0.717, 1.165) is 6.42 Å². The minimum Gasteiger partial charge on any atom is -0.354 e. The fourth-order valence-corrected chi connectivity index (χ4v) is 3.35. The lowest BCUT2D eigenvalue weighted by Crippen LogP contribution is -2.44. The molecule has 0 bridgehead atoms. The first-order chi connectivity index (χ1) is 8.16. The van der Waals surface area contributed by atoms with Crippen molar-refractivity contribution in [1.82, 2.24) is 10.6 Å². The van der Waals surface area contributed by atoms with Crippen molar-refractivity contribution < 1.29 is 9.00 Å². The Bertz CT molecular complexity index is 295. The fraction of sp³-hybridized carbons (Fsp3) is 0.917. The number of hydrogen-bond donors (Lipinski definition) is 2. The number of rotatable bonds is 4. The monoisotopic (exact) mass is 258 g/mol. The summed E-state index contributed by atoms with van der Waals surface area (Å²) in [7, 11) is -0.826. The van der Waals surface area contributed by atoms with E-state index in [1.165, 1.54) is 25.7 Å². The van der Waals surface area contributed by atoms with Crippen molar-refractivity contribution in [2.45, 2.75) is 44.2 Å². The first kappa shape index (κ1) is 13.0. The quantitative estimate of drug-likeness (QED) is 0.767. The van der Waals surface area contributed by atoms with Crippen molar-refractivity contribution in [2.24, 2.45) is 5.92 Å². The molecule has 5 heteroatoms. The minimum absolute atomic E-state index is 0.0200. The summed E-state index contributed by atoms with van der Waals surface area (Å²) in [6, 6.07) is 0.535. The first-order valence-electron chi connectivity index (χ1n) is 6.50. The molecule has 0 spiro atoms. The van der Waals surface area contributed by atoms with Crippen molar-refractivity contribution in [3.8, 4) is 0 Å². The summed E-state index contributed by atoms with van der Waals surface area (Å²) in [6.45, 7) is 0.523. The molecule has 0 aromatic rings. The average Bonchev–Trinajstić information content (AvgIpc) is 2.71. The van der Waals surface area contributed by atoms with Crippen LogP contribution in [0.1, 0.15) is 32.1 Å².